The summed E-state index contributed by atoms with van der Waals surface area (Å²) in [5.41, 5.74) is -1.44. The number of esters is 1. The van der Waals surface area contributed by atoms with Crippen molar-refractivity contribution in [2.24, 2.45) is 0 Å². The minimum atomic E-state index is -0.889. The van der Waals surface area contributed by atoms with Gasteiger partial charge < -0.3 is 10.1 Å². The number of ether oxygens (including phenoxy) is 1. The molecule has 1 aromatic rings. The Bertz CT molecular complexity index is 570. The summed E-state index contributed by atoms with van der Waals surface area (Å²) >= 11 is 0. The zero-order valence-electron chi connectivity index (χ0n) is 11.1. The number of carbonyl (C=O) groups is 1. The number of rotatable bonds is 5. The number of hydrogen-bond donors (Lipinski definition) is 1. The first-order valence-corrected chi connectivity index (χ1v) is 5.59. The molecular weight excluding hydrogens is 270 g/mol. The van der Waals surface area contributed by atoms with Crippen LogP contribution in [0.25, 0.3) is 0 Å². The Balaban J connectivity index is 3.61. The van der Waals surface area contributed by atoms with Gasteiger partial charge in [0, 0.05) is 12.1 Å². The fourth-order valence-electron chi connectivity index (χ4n) is 1.57. The lowest BCUT2D eigenvalue weighted by atomic mass is 10.1. The summed E-state index contributed by atoms with van der Waals surface area (Å²) in [6.07, 6.45) is 0. The van der Waals surface area contributed by atoms with Gasteiger partial charge in [-0.25, -0.2) is 4.79 Å². The van der Waals surface area contributed by atoms with Gasteiger partial charge in [0.25, 0.3) is 11.4 Å². The van der Waals surface area contributed by atoms with Crippen LogP contribution in [0.3, 0.4) is 0 Å². The molecule has 20 heavy (non-hydrogen) atoms. The maximum atomic E-state index is 11.7. The van der Waals surface area contributed by atoms with E-state index in [1.165, 1.54) is 0 Å². The molecule has 0 atom stereocenters. The van der Waals surface area contributed by atoms with Gasteiger partial charge in [-0.15, -0.1) is 0 Å². The zero-order chi connectivity index (χ0) is 15.4. The number of hydrogen-bond acceptors (Lipinski definition) is 7. The summed E-state index contributed by atoms with van der Waals surface area (Å²) in [4.78, 5) is 31.9. The molecule has 9 nitrogen and oxygen atoms in total. The maximum Gasteiger partial charge on any atom is 0.340 e. The van der Waals surface area contributed by atoms with Crippen LogP contribution in [0.5, 0.6) is 0 Å². The average Bonchev–Trinajstić information content (AvgIpc) is 2.36. The highest BCUT2D eigenvalue weighted by atomic mass is 16.6. The van der Waals surface area contributed by atoms with Crippen LogP contribution < -0.4 is 5.32 Å². The van der Waals surface area contributed by atoms with E-state index in [1.807, 2.05) is 0 Å². The van der Waals surface area contributed by atoms with E-state index in [9.17, 15) is 25.0 Å². The van der Waals surface area contributed by atoms with Gasteiger partial charge in [-0.3, -0.25) is 20.2 Å². The Hall–Kier alpha value is -2.71. The third kappa shape index (κ3) is 3.19. The molecule has 0 aliphatic rings. The molecule has 1 rings (SSSR count). The smallest absolute Gasteiger partial charge is 0.340 e. The Kier molecular flexibility index (Phi) is 4.57. The third-order valence-corrected chi connectivity index (χ3v) is 2.35. The number of nitrogens with zero attached hydrogens (tertiary/aromatic N) is 2. The van der Waals surface area contributed by atoms with Crippen molar-refractivity contribution in [1.82, 2.24) is 0 Å². The van der Waals surface area contributed by atoms with E-state index in [4.69, 9.17) is 0 Å². The molecule has 0 aliphatic carbocycles. The number of methoxy groups -OCH3 is 1. The van der Waals surface area contributed by atoms with E-state index in [2.05, 4.69) is 10.1 Å². The lowest BCUT2D eigenvalue weighted by Crippen LogP contribution is -2.16. The third-order valence-electron chi connectivity index (χ3n) is 2.35. The molecule has 0 unspecified atom stereocenters. The van der Waals surface area contributed by atoms with Crippen molar-refractivity contribution >= 4 is 23.0 Å². The van der Waals surface area contributed by atoms with E-state index >= 15 is 0 Å². The Morgan fingerprint density at radius 1 is 1.25 bits per heavy atom. The normalized spacial score (nSPS) is 10.2. The molecule has 0 saturated carbocycles. The molecule has 0 aromatic heterocycles. The Morgan fingerprint density at radius 2 is 1.85 bits per heavy atom. The maximum absolute atomic E-state index is 11.7. The van der Waals surface area contributed by atoms with Gasteiger partial charge >= 0.3 is 5.97 Å². The minimum Gasteiger partial charge on any atom is -0.465 e. The van der Waals surface area contributed by atoms with Crippen LogP contribution in [-0.2, 0) is 4.74 Å². The van der Waals surface area contributed by atoms with Crippen molar-refractivity contribution in [3.8, 4) is 0 Å². The SMILES string of the molecule is COC(=O)c1cc([N+](=O)[O-])cc([N+](=O)[O-])c1NC(C)C. The fourth-order valence-corrected chi connectivity index (χ4v) is 1.57. The lowest BCUT2D eigenvalue weighted by molar-refractivity contribution is -0.393. The standard InChI is InChI=1S/C11H13N3O6/c1-6(2)12-10-8(11(15)20-3)4-7(13(16)17)5-9(10)14(18)19/h4-6,12H,1-3H3. The fraction of sp³-hybridized carbons (Fsp3) is 0.364. The molecular formula is C11H13N3O6. The first-order valence-electron chi connectivity index (χ1n) is 5.59. The number of nitro benzene ring substituents is 2. The molecule has 0 spiro atoms. The zero-order valence-corrected chi connectivity index (χ0v) is 11.1. The summed E-state index contributed by atoms with van der Waals surface area (Å²) in [5, 5.41) is 24.6. The second-order valence-corrected chi connectivity index (χ2v) is 4.19. The van der Waals surface area contributed by atoms with Crippen molar-refractivity contribution in [1.29, 1.82) is 0 Å². The van der Waals surface area contributed by atoms with E-state index in [0.29, 0.717) is 0 Å². The van der Waals surface area contributed by atoms with Crippen molar-refractivity contribution in [2.75, 3.05) is 12.4 Å². The van der Waals surface area contributed by atoms with Crippen molar-refractivity contribution in [2.45, 2.75) is 19.9 Å². The van der Waals surface area contributed by atoms with Gasteiger partial charge in [0.2, 0.25) is 0 Å². The van der Waals surface area contributed by atoms with Gasteiger partial charge in [-0.1, -0.05) is 0 Å². The number of nitrogens with one attached hydrogen (secondary N) is 1. The Labute approximate surface area is 113 Å². The minimum absolute atomic E-state index is 0.0950. The van der Waals surface area contributed by atoms with Crippen LogP contribution in [0, 0.1) is 20.2 Å². The van der Waals surface area contributed by atoms with E-state index in [0.717, 1.165) is 19.2 Å². The molecule has 0 amide bonds. The number of non-ortho nitro benzene ring substituents is 1. The Morgan fingerprint density at radius 3 is 2.25 bits per heavy atom. The van der Waals surface area contributed by atoms with E-state index < -0.39 is 27.2 Å². The number of carbonyl (C=O) groups excluding carboxylic acids is 1. The van der Waals surface area contributed by atoms with Crippen molar-refractivity contribution in [3.05, 3.63) is 37.9 Å². The molecule has 1 N–H and O–H groups in total. The van der Waals surface area contributed by atoms with Gasteiger partial charge in [0.15, 0.2) is 0 Å². The summed E-state index contributed by atoms with van der Waals surface area (Å²) in [6.45, 7) is 3.43. The molecule has 1 aromatic carbocycles. The van der Waals surface area contributed by atoms with Crippen LogP contribution in [0.4, 0.5) is 17.1 Å². The molecule has 0 fully saturated rings. The largest absolute Gasteiger partial charge is 0.465 e. The van der Waals surface area contributed by atoms with Gasteiger partial charge in [0.05, 0.1) is 28.6 Å². The first kappa shape index (κ1) is 15.3. The number of anilines is 1. The quantitative estimate of drug-likeness (QED) is 0.498. The van der Waals surface area contributed by atoms with E-state index in [-0.39, 0.29) is 17.3 Å². The topological polar surface area (TPSA) is 125 Å². The highest BCUT2D eigenvalue weighted by Crippen LogP contribution is 2.34. The highest BCUT2D eigenvalue weighted by molar-refractivity contribution is 5.99. The average molecular weight is 283 g/mol. The van der Waals surface area contributed by atoms with Crippen LogP contribution in [0.1, 0.15) is 24.2 Å². The number of benzene rings is 1. The first-order chi connectivity index (χ1) is 9.27. The van der Waals surface area contributed by atoms with Gasteiger partial charge in [-0.05, 0) is 13.8 Å². The number of nitro groups is 2. The summed E-state index contributed by atoms with van der Waals surface area (Å²) < 4.78 is 4.50. The second kappa shape index (κ2) is 5.95. The van der Waals surface area contributed by atoms with E-state index in [1.54, 1.807) is 13.8 Å². The van der Waals surface area contributed by atoms with Crippen LogP contribution in [0.15, 0.2) is 12.1 Å². The van der Waals surface area contributed by atoms with Crippen molar-refractivity contribution < 1.29 is 19.4 Å². The molecule has 0 radical (unpaired) electrons. The summed E-state index contributed by atoms with van der Waals surface area (Å²) in [6, 6.07) is 1.54. The molecule has 0 heterocycles. The van der Waals surface area contributed by atoms with Gasteiger partial charge in [-0.2, -0.15) is 0 Å². The lowest BCUT2D eigenvalue weighted by Gasteiger charge is -2.13. The van der Waals surface area contributed by atoms with Gasteiger partial charge in [0.1, 0.15) is 5.69 Å². The second-order valence-electron chi connectivity index (χ2n) is 4.19. The van der Waals surface area contributed by atoms with Crippen LogP contribution >= 0.6 is 0 Å². The van der Waals surface area contributed by atoms with Crippen LogP contribution in [0.2, 0.25) is 0 Å². The highest BCUT2D eigenvalue weighted by Gasteiger charge is 2.28. The predicted octanol–water partition coefficient (Wildman–Crippen LogP) is 2.11. The molecule has 0 bridgehead atoms. The summed E-state index contributed by atoms with van der Waals surface area (Å²) in [5.74, 6) is -0.889. The molecule has 0 aliphatic heterocycles. The van der Waals surface area contributed by atoms with Crippen molar-refractivity contribution in [3.63, 3.8) is 0 Å². The molecule has 9 heteroatoms. The summed E-state index contributed by atoms with van der Waals surface area (Å²) in [7, 11) is 1.09. The molecule has 0 saturated heterocycles. The monoisotopic (exact) mass is 283 g/mol. The molecule has 108 valence electrons. The predicted molar refractivity (Wildman–Crippen MR) is 69.8 cm³/mol. The van der Waals surface area contributed by atoms with Crippen LogP contribution in [-0.4, -0.2) is 29.0 Å².